The molecule has 26 heavy (non-hydrogen) atoms. The van der Waals surface area contributed by atoms with E-state index in [9.17, 15) is 9.59 Å². The summed E-state index contributed by atoms with van der Waals surface area (Å²) in [6, 6.07) is 5.45. The molecule has 1 aromatic rings. The number of piperazine rings is 1. The number of nitrogens with zero attached hydrogens (tertiary/aromatic N) is 2. The average Bonchev–Trinajstić information content (AvgIpc) is 3.14. The van der Waals surface area contributed by atoms with E-state index in [1.807, 2.05) is 4.90 Å². The van der Waals surface area contributed by atoms with Crippen LogP contribution in [0.4, 0.5) is 5.69 Å². The standard InChI is InChI=1S/C19H28N4O3/c1-22-8-10-23(11-9-22)19(25)14-5-6-17(26-2)16(12-14)21-18(24)13-15-4-3-7-20-15/h5-6,12,15,20H,3-4,7-11,13H2,1-2H3,(H,21,24). The number of hydrogen-bond acceptors (Lipinski definition) is 5. The number of carbonyl (C=O) groups is 2. The van der Waals surface area contributed by atoms with E-state index >= 15 is 0 Å². The third-order valence-electron chi connectivity index (χ3n) is 5.11. The van der Waals surface area contributed by atoms with Crippen molar-refractivity contribution >= 4 is 17.5 Å². The van der Waals surface area contributed by atoms with Crippen molar-refractivity contribution in [1.82, 2.24) is 15.1 Å². The molecule has 3 rings (SSSR count). The molecule has 7 heteroatoms. The molecule has 2 aliphatic heterocycles. The minimum atomic E-state index is -0.0631. The quantitative estimate of drug-likeness (QED) is 0.824. The van der Waals surface area contributed by atoms with Gasteiger partial charge >= 0.3 is 0 Å². The van der Waals surface area contributed by atoms with Crippen molar-refractivity contribution in [3.8, 4) is 5.75 Å². The summed E-state index contributed by atoms with van der Waals surface area (Å²) < 4.78 is 5.35. The molecular formula is C19H28N4O3. The molecule has 2 heterocycles. The van der Waals surface area contributed by atoms with Gasteiger partial charge in [-0.2, -0.15) is 0 Å². The van der Waals surface area contributed by atoms with Crippen molar-refractivity contribution in [2.45, 2.75) is 25.3 Å². The molecule has 2 N–H and O–H groups in total. The second kappa shape index (κ2) is 8.51. The van der Waals surface area contributed by atoms with Crippen LogP contribution in [0, 0.1) is 0 Å². The smallest absolute Gasteiger partial charge is 0.254 e. The van der Waals surface area contributed by atoms with Crippen molar-refractivity contribution in [3.05, 3.63) is 23.8 Å². The predicted octanol–water partition coefficient (Wildman–Crippen LogP) is 1.16. The number of methoxy groups -OCH3 is 1. The van der Waals surface area contributed by atoms with Gasteiger partial charge in [0.25, 0.3) is 5.91 Å². The Morgan fingerprint density at radius 3 is 2.69 bits per heavy atom. The molecule has 1 atom stereocenters. The molecule has 1 unspecified atom stereocenters. The number of amides is 2. The van der Waals surface area contributed by atoms with E-state index < -0.39 is 0 Å². The molecule has 2 saturated heterocycles. The first-order valence-corrected chi connectivity index (χ1v) is 9.26. The zero-order valence-corrected chi connectivity index (χ0v) is 15.6. The maximum Gasteiger partial charge on any atom is 0.254 e. The Hall–Kier alpha value is -2.12. The van der Waals surface area contributed by atoms with E-state index in [4.69, 9.17) is 4.74 Å². The molecule has 0 aliphatic carbocycles. The summed E-state index contributed by atoms with van der Waals surface area (Å²) in [5.74, 6) is 0.494. The molecule has 0 spiro atoms. The highest BCUT2D eigenvalue weighted by molar-refractivity contribution is 5.98. The zero-order chi connectivity index (χ0) is 18.5. The molecule has 2 amide bonds. The summed E-state index contributed by atoms with van der Waals surface area (Å²) in [6.07, 6.45) is 2.56. The van der Waals surface area contributed by atoms with Crippen molar-refractivity contribution in [3.63, 3.8) is 0 Å². The van der Waals surface area contributed by atoms with Crippen LogP contribution in [0.2, 0.25) is 0 Å². The maximum absolute atomic E-state index is 12.8. The summed E-state index contributed by atoms with van der Waals surface area (Å²) in [5.41, 5.74) is 1.13. The minimum Gasteiger partial charge on any atom is -0.495 e. The van der Waals surface area contributed by atoms with Crippen LogP contribution in [-0.2, 0) is 4.79 Å². The third kappa shape index (κ3) is 4.53. The highest BCUT2D eigenvalue weighted by Gasteiger charge is 2.22. The van der Waals surface area contributed by atoms with Gasteiger partial charge in [0, 0.05) is 44.2 Å². The van der Waals surface area contributed by atoms with Crippen molar-refractivity contribution < 1.29 is 14.3 Å². The van der Waals surface area contributed by atoms with Crippen LogP contribution in [0.25, 0.3) is 0 Å². The number of nitrogens with one attached hydrogen (secondary N) is 2. The number of carbonyl (C=O) groups excluding carboxylic acids is 2. The molecular weight excluding hydrogens is 332 g/mol. The van der Waals surface area contributed by atoms with E-state index in [2.05, 4.69) is 22.6 Å². The van der Waals surface area contributed by atoms with Gasteiger partial charge < -0.3 is 25.2 Å². The Morgan fingerprint density at radius 1 is 1.27 bits per heavy atom. The van der Waals surface area contributed by atoms with Crippen LogP contribution in [0.3, 0.4) is 0 Å². The van der Waals surface area contributed by atoms with Crippen molar-refractivity contribution in [1.29, 1.82) is 0 Å². The number of anilines is 1. The van der Waals surface area contributed by atoms with Crippen LogP contribution in [0.15, 0.2) is 18.2 Å². The van der Waals surface area contributed by atoms with E-state index in [1.54, 1.807) is 25.3 Å². The number of benzene rings is 1. The Labute approximate surface area is 154 Å². The monoisotopic (exact) mass is 360 g/mol. The van der Waals surface area contributed by atoms with Gasteiger partial charge in [0.2, 0.25) is 5.91 Å². The summed E-state index contributed by atoms with van der Waals surface area (Å²) in [6.45, 7) is 4.16. The van der Waals surface area contributed by atoms with Crippen LogP contribution < -0.4 is 15.4 Å². The first kappa shape index (κ1) is 18.7. The molecule has 0 aromatic heterocycles. The highest BCUT2D eigenvalue weighted by atomic mass is 16.5. The fraction of sp³-hybridized carbons (Fsp3) is 0.579. The van der Waals surface area contributed by atoms with Gasteiger partial charge in [0.1, 0.15) is 5.75 Å². The minimum absolute atomic E-state index is 0.00582. The normalized spacial score (nSPS) is 20.8. The second-order valence-electron chi connectivity index (χ2n) is 7.06. The van der Waals surface area contributed by atoms with E-state index in [0.717, 1.165) is 45.6 Å². The van der Waals surface area contributed by atoms with Crippen molar-refractivity contribution in [2.24, 2.45) is 0 Å². The van der Waals surface area contributed by atoms with Crippen molar-refractivity contribution in [2.75, 3.05) is 52.2 Å². The van der Waals surface area contributed by atoms with Crippen LogP contribution in [0.5, 0.6) is 5.75 Å². The zero-order valence-electron chi connectivity index (χ0n) is 15.6. The Morgan fingerprint density at radius 2 is 2.04 bits per heavy atom. The molecule has 142 valence electrons. The largest absolute Gasteiger partial charge is 0.495 e. The summed E-state index contributed by atoms with van der Waals surface area (Å²) in [5, 5.41) is 6.23. The lowest BCUT2D eigenvalue weighted by atomic mass is 10.1. The molecule has 0 radical (unpaired) electrons. The molecule has 2 fully saturated rings. The summed E-state index contributed by atoms with van der Waals surface area (Å²) in [7, 11) is 3.62. The van der Waals surface area contributed by atoms with Crippen LogP contribution in [0.1, 0.15) is 29.6 Å². The van der Waals surface area contributed by atoms with Gasteiger partial charge in [-0.05, 0) is 44.6 Å². The molecule has 7 nitrogen and oxygen atoms in total. The Bertz CT molecular complexity index is 650. The van der Waals surface area contributed by atoms with Crippen LogP contribution >= 0.6 is 0 Å². The Balaban J connectivity index is 1.69. The Kier molecular flexibility index (Phi) is 6.11. The van der Waals surface area contributed by atoms with Gasteiger partial charge in [-0.25, -0.2) is 0 Å². The molecule has 0 saturated carbocycles. The van der Waals surface area contributed by atoms with Gasteiger partial charge in [-0.3, -0.25) is 9.59 Å². The topological polar surface area (TPSA) is 73.9 Å². The lowest BCUT2D eigenvalue weighted by Crippen LogP contribution is -2.47. The summed E-state index contributed by atoms with van der Waals surface area (Å²) >= 11 is 0. The number of ether oxygens (including phenoxy) is 1. The highest BCUT2D eigenvalue weighted by Crippen LogP contribution is 2.27. The average molecular weight is 360 g/mol. The van der Waals surface area contributed by atoms with Crippen LogP contribution in [-0.4, -0.2) is 74.5 Å². The lowest BCUT2D eigenvalue weighted by Gasteiger charge is -2.32. The third-order valence-corrected chi connectivity index (χ3v) is 5.11. The fourth-order valence-corrected chi connectivity index (χ4v) is 3.49. The van der Waals surface area contributed by atoms with E-state index in [0.29, 0.717) is 23.4 Å². The lowest BCUT2D eigenvalue weighted by molar-refractivity contribution is -0.116. The number of likely N-dealkylation sites (N-methyl/N-ethyl adjacent to an activating group) is 1. The molecule has 2 aliphatic rings. The SMILES string of the molecule is COc1ccc(C(=O)N2CCN(C)CC2)cc1NC(=O)CC1CCCN1. The maximum atomic E-state index is 12.8. The van der Waals surface area contributed by atoms with Gasteiger partial charge in [0.15, 0.2) is 0 Å². The first-order chi connectivity index (χ1) is 12.6. The van der Waals surface area contributed by atoms with E-state index in [1.165, 1.54) is 0 Å². The van der Waals surface area contributed by atoms with Gasteiger partial charge in [-0.15, -0.1) is 0 Å². The number of rotatable bonds is 5. The fourth-order valence-electron chi connectivity index (χ4n) is 3.49. The first-order valence-electron chi connectivity index (χ1n) is 9.26. The van der Waals surface area contributed by atoms with E-state index in [-0.39, 0.29) is 17.9 Å². The van der Waals surface area contributed by atoms with Gasteiger partial charge in [-0.1, -0.05) is 0 Å². The molecule has 0 bridgehead atoms. The molecule has 1 aromatic carbocycles. The summed E-state index contributed by atoms with van der Waals surface area (Å²) in [4.78, 5) is 29.2. The number of hydrogen-bond donors (Lipinski definition) is 2. The predicted molar refractivity (Wildman–Crippen MR) is 101 cm³/mol. The van der Waals surface area contributed by atoms with Gasteiger partial charge in [0.05, 0.1) is 12.8 Å². The second-order valence-corrected chi connectivity index (χ2v) is 7.06.